The lowest BCUT2D eigenvalue weighted by atomic mass is 10.1. The molecule has 5 heteroatoms. The van der Waals surface area contributed by atoms with E-state index in [1.165, 1.54) is 5.56 Å². The van der Waals surface area contributed by atoms with E-state index in [9.17, 15) is 0 Å². The Bertz CT molecular complexity index is 890. The van der Waals surface area contributed by atoms with Gasteiger partial charge in [0.05, 0.1) is 11.8 Å². The molecule has 1 saturated heterocycles. The first kappa shape index (κ1) is 18.8. The number of fused-ring (bicyclic) bond motifs is 1. The fourth-order valence-electron chi connectivity index (χ4n) is 3.78. The molecule has 1 aromatic heterocycles. The lowest BCUT2D eigenvalue weighted by Gasteiger charge is -2.16. The Hall–Kier alpha value is -2.50. The van der Waals surface area contributed by atoms with E-state index >= 15 is 0 Å². The lowest BCUT2D eigenvalue weighted by molar-refractivity contribution is -0.143. The van der Waals surface area contributed by atoms with Gasteiger partial charge in [0, 0.05) is 12.1 Å². The van der Waals surface area contributed by atoms with E-state index in [0.717, 1.165) is 42.0 Å². The highest BCUT2D eigenvalue weighted by atomic mass is 16.7. The van der Waals surface area contributed by atoms with Crippen LogP contribution in [0, 0.1) is 0 Å². The van der Waals surface area contributed by atoms with Crippen LogP contribution in [0.4, 0.5) is 5.82 Å². The van der Waals surface area contributed by atoms with Gasteiger partial charge in [0.2, 0.25) is 0 Å². The number of hydrogen-bond donors (Lipinski definition) is 1. The van der Waals surface area contributed by atoms with Crippen LogP contribution in [0.15, 0.2) is 54.9 Å². The van der Waals surface area contributed by atoms with Gasteiger partial charge in [-0.2, -0.15) is 0 Å². The van der Waals surface area contributed by atoms with E-state index in [2.05, 4.69) is 52.6 Å². The zero-order valence-electron chi connectivity index (χ0n) is 16.7. The Morgan fingerprint density at radius 1 is 1.18 bits per heavy atom. The molecule has 4 rings (SSSR count). The maximum Gasteiger partial charge on any atom is 0.164 e. The predicted molar refractivity (Wildman–Crippen MR) is 111 cm³/mol. The topological polar surface area (TPSA) is 56.3 Å². The van der Waals surface area contributed by atoms with E-state index in [0.29, 0.717) is 0 Å². The molecule has 0 saturated carbocycles. The van der Waals surface area contributed by atoms with Gasteiger partial charge in [0.15, 0.2) is 5.79 Å². The van der Waals surface area contributed by atoms with Crippen molar-refractivity contribution < 1.29 is 9.47 Å². The first-order valence-electron chi connectivity index (χ1n) is 9.92. The van der Waals surface area contributed by atoms with Crippen LogP contribution < -0.4 is 5.32 Å². The molecule has 1 aliphatic carbocycles. The number of anilines is 1. The molecule has 1 N–H and O–H groups in total. The monoisotopic (exact) mass is 377 g/mol. The molecule has 0 spiro atoms. The highest BCUT2D eigenvalue weighted by Crippen LogP contribution is 2.33. The number of hydrogen-bond acceptors (Lipinski definition) is 5. The molecule has 1 aliphatic heterocycles. The van der Waals surface area contributed by atoms with E-state index in [4.69, 9.17) is 9.47 Å². The van der Waals surface area contributed by atoms with E-state index in [1.807, 2.05) is 32.0 Å². The number of rotatable bonds is 6. The zero-order valence-corrected chi connectivity index (χ0v) is 16.7. The summed E-state index contributed by atoms with van der Waals surface area (Å²) < 4.78 is 12.0. The molecule has 2 heterocycles. The Morgan fingerprint density at radius 2 is 2.00 bits per heavy atom. The maximum atomic E-state index is 6.03. The molecule has 28 heavy (non-hydrogen) atoms. The largest absolute Gasteiger partial charge is 0.366 e. The van der Waals surface area contributed by atoms with Crippen LogP contribution in [0.3, 0.4) is 0 Å². The molecule has 0 bridgehead atoms. The summed E-state index contributed by atoms with van der Waals surface area (Å²) in [6.45, 7) is 6.80. The molecule has 1 aromatic carbocycles. The van der Waals surface area contributed by atoms with Gasteiger partial charge in [0.1, 0.15) is 18.2 Å². The average Bonchev–Trinajstić information content (AvgIpc) is 3.25. The predicted octanol–water partition coefficient (Wildman–Crippen LogP) is 4.51. The second-order valence-electron chi connectivity index (χ2n) is 7.66. The Balaban J connectivity index is 1.47. The van der Waals surface area contributed by atoms with Crippen LogP contribution in [-0.4, -0.2) is 28.0 Å². The molecule has 0 amide bonds. The molecule has 146 valence electrons. The molecule has 2 atom stereocenters. The number of ether oxygens (including phenoxy) is 2. The summed E-state index contributed by atoms with van der Waals surface area (Å²) in [5.74, 6) is 0.371. The van der Waals surface area contributed by atoms with Gasteiger partial charge in [-0.05, 0) is 37.8 Å². The van der Waals surface area contributed by atoms with Gasteiger partial charge in [0.25, 0.3) is 0 Å². The van der Waals surface area contributed by atoms with Crippen molar-refractivity contribution in [1.29, 1.82) is 0 Å². The standard InChI is InChI=1S/C23H27N3O2/c1-4-19-20(28-23(2,3)27-19)13-11-17-10-12-18-21(17)25-15-26-22(18)24-14-16-8-6-5-7-9-16/h5-11,13,15,19-20H,4,12,14H2,1-3H3,(H,24,25,26)/b13-11+/t19-,20+/m1/s1. The van der Waals surface area contributed by atoms with Crippen LogP contribution in [0.5, 0.6) is 0 Å². The van der Waals surface area contributed by atoms with Crippen molar-refractivity contribution in [2.75, 3.05) is 5.32 Å². The van der Waals surface area contributed by atoms with Gasteiger partial charge in [-0.1, -0.05) is 55.5 Å². The molecular formula is C23H27N3O2. The quantitative estimate of drug-likeness (QED) is 0.802. The third-order valence-electron chi connectivity index (χ3n) is 5.14. The number of nitrogens with one attached hydrogen (secondary N) is 1. The molecule has 1 fully saturated rings. The second-order valence-corrected chi connectivity index (χ2v) is 7.66. The number of benzene rings is 1. The first-order valence-corrected chi connectivity index (χ1v) is 9.92. The molecule has 0 radical (unpaired) electrons. The van der Waals surface area contributed by atoms with E-state index in [1.54, 1.807) is 6.33 Å². The first-order chi connectivity index (χ1) is 13.6. The highest BCUT2D eigenvalue weighted by Gasteiger charge is 2.38. The summed E-state index contributed by atoms with van der Waals surface area (Å²) in [4.78, 5) is 8.98. The maximum absolute atomic E-state index is 6.03. The van der Waals surface area contributed by atoms with Crippen molar-refractivity contribution in [3.8, 4) is 0 Å². The van der Waals surface area contributed by atoms with Crippen LogP contribution in [0.1, 0.15) is 44.0 Å². The smallest absolute Gasteiger partial charge is 0.164 e. The van der Waals surface area contributed by atoms with Crippen molar-refractivity contribution in [3.05, 3.63) is 71.7 Å². The summed E-state index contributed by atoms with van der Waals surface area (Å²) in [6.07, 6.45) is 9.84. The number of allylic oxidation sites excluding steroid dienone is 3. The lowest BCUT2D eigenvalue weighted by Crippen LogP contribution is -2.21. The van der Waals surface area contributed by atoms with Crippen LogP contribution >= 0.6 is 0 Å². The summed E-state index contributed by atoms with van der Waals surface area (Å²) >= 11 is 0. The fourth-order valence-corrected chi connectivity index (χ4v) is 3.78. The van der Waals surface area contributed by atoms with Crippen molar-refractivity contribution in [3.63, 3.8) is 0 Å². The van der Waals surface area contributed by atoms with E-state index in [-0.39, 0.29) is 12.2 Å². The van der Waals surface area contributed by atoms with Crippen LogP contribution in [-0.2, 0) is 22.4 Å². The normalized spacial score (nSPS) is 23.0. The SMILES string of the molecule is CC[C@H]1OC(C)(C)O[C@H]1/C=C/C1=CCc2c(NCc3ccccc3)ncnc21. The van der Waals surface area contributed by atoms with Crippen LogP contribution in [0.2, 0.25) is 0 Å². The Labute approximate surface area is 166 Å². The highest BCUT2D eigenvalue weighted by molar-refractivity contribution is 5.80. The van der Waals surface area contributed by atoms with Gasteiger partial charge in [-0.15, -0.1) is 0 Å². The number of nitrogens with zero attached hydrogens (tertiary/aromatic N) is 2. The van der Waals surface area contributed by atoms with E-state index < -0.39 is 5.79 Å². The van der Waals surface area contributed by atoms with Gasteiger partial charge in [-0.25, -0.2) is 9.97 Å². The van der Waals surface area contributed by atoms with Gasteiger partial charge >= 0.3 is 0 Å². The molecule has 0 unspecified atom stereocenters. The molecule has 5 nitrogen and oxygen atoms in total. The summed E-state index contributed by atoms with van der Waals surface area (Å²) in [5.41, 5.74) is 4.48. The van der Waals surface area contributed by atoms with Crippen molar-refractivity contribution in [2.24, 2.45) is 0 Å². The fraction of sp³-hybridized carbons (Fsp3) is 0.391. The Morgan fingerprint density at radius 3 is 2.79 bits per heavy atom. The van der Waals surface area contributed by atoms with Crippen molar-refractivity contribution >= 4 is 11.4 Å². The summed E-state index contributed by atoms with van der Waals surface area (Å²) in [6, 6.07) is 10.3. The average molecular weight is 377 g/mol. The van der Waals surface area contributed by atoms with Crippen LogP contribution in [0.25, 0.3) is 5.57 Å². The second kappa shape index (κ2) is 7.86. The minimum absolute atomic E-state index is 0.0394. The third-order valence-corrected chi connectivity index (χ3v) is 5.14. The summed E-state index contributed by atoms with van der Waals surface area (Å²) in [5, 5.41) is 3.45. The zero-order chi connectivity index (χ0) is 19.6. The van der Waals surface area contributed by atoms with Gasteiger partial charge < -0.3 is 14.8 Å². The van der Waals surface area contributed by atoms with Gasteiger partial charge in [-0.3, -0.25) is 0 Å². The van der Waals surface area contributed by atoms with Crippen molar-refractivity contribution in [1.82, 2.24) is 9.97 Å². The van der Waals surface area contributed by atoms with Crippen molar-refractivity contribution in [2.45, 2.75) is 58.2 Å². The summed E-state index contributed by atoms with van der Waals surface area (Å²) in [7, 11) is 0. The Kier molecular flexibility index (Phi) is 5.29. The minimum Gasteiger partial charge on any atom is -0.366 e. The number of aromatic nitrogens is 2. The minimum atomic E-state index is -0.533. The third kappa shape index (κ3) is 4.01. The molecule has 2 aromatic rings. The molecule has 2 aliphatic rings. The molecular weight excluding hydrogens is 350 g/mol.